The van der Waals surface area contributed by atoms with E-state index in [1.807, 2.05) is 48.5 Å². The Bertz CT molecular complexity index is 1440. The second kappa shape index (κ2) is 15.6. The molecule has 0 aromatic heterocycles. The second-order valence-corrected chi connectivity index (χ2v) is 12.4. The van der Waals surface area contributed by atoms with Crippen LogP contribution in [0.1, 0.15) is 70.4 Å². The molecule has 2 fully saturated rings. The topological polar surface area (TPSA) is 88.7 Å². The summed E-state index contributed by atoms with van der Waals surface area (Å²) in [7, 11) is 0. The van der Waals surface area contributed by atoms with Crippen molar-refractivity contribution in [2.75, 3.05) is 47.7 Å². The van der Waals surface area contributed by atoms with Gasteiger partial charge in [-0.1, -0.05) is 37.1 Å². The molecule has 4 N–H and O–H groups in total. The van der Waals surface area contributed by atoms with Crippen molar-refractivity contribution in [1.29, 1.82) is 0 Å². The molecule has 2 amide bonds. The Morgan fingerprint density at radius 3 is 1.11 bits per heavy atom. The van der Waals surface area contributed by atoms with Crippen molar-refractivity contribution in [2.45, 2.75) is 51.6 Å². The van der Waals surface area contributed by atoms with Gasteiger partial charge in [0.15, 0.2) is 0 Å². The predicted octanol–water partition coefficient (Wildman–Crippen LogP) is 7.60. The van der Waals surface area contributed by atoms with E-state index in [1.54, 1.807) is 24.3 Å². The molecule has 2 saturated heterocycles. The molecule has 0 unspecified atom stereocenters. The summed E-state index contributed by atoms with van der Waals surface area (Å²) in [6.07, 6.45) is 7.78. The van der Waals surface area contributed by atoms with Gasteiger partial charge in [-0.3, -0.25) is 19.4 Å². The highest BCUT2D eigenvalue weighted by molar-refractivity contribution is 6.05. The molecule has 0 atom stereocenters. The Kier molecular flexibility index (Phi) is 10.6. The van der Waals surface area contributed by atoms with Gasteiger partial charge in [0.25, 0.3) is 11.8 Å². The van der Waals surface area contributed by atoms with Crippen molar-refractivity contribution in [3.8, 4) is 0 Å². The van der Waals surface area contributed by atoms with Crippen LogP contribution in [-0.2, 0) is 13.1 Å². The molecule has 238 valence electrons. The van der Waals surface area contributed by atoms with Crippen LogP contribution in [0.4, 0.5) is 22.7 Å². The minimum atomic E-state index is -0.148. The first-order valence-electron chi connectivity index (χ1n) is 16.5. The molecule has 2 aliphatic rings. The molecule has 0 saturated carbocycles. The van der Waals surface area contributed by atoms with Gasteiger partial charge in [-0.2, -0.15) is 0 Å². The maximum Gasteiger partial charge on any atom is 0.255 e. The van der Waals surface area contributed by atoms with Crippen LogP contribution in [0.2, 0.25) is 0 Å². The summed E-state index contributed by atoms with van der Waals surface area (Å²) in [4.78, 5) is 30.6. The molecule has 0 bridgehead atoms. The van der Waals surface area contributed by atoms with Gasteiger partial charge in [0, 0.05) is 35.6 Å². The van der Waals surface area contributed by atoms with Crippen molar-refractivity contribution in [3.63, 3.8) is 0 Å². The summed E-state index contributed by atoms with van der Waals surface area (Å²) in [6.45, 7) is 6.59. The second-order valence-electron chi connectivity index (χ2n) is 12.4. The molecule has 8 heteroatoms. The van der Waals surface area contributed by atoms with Crippen molar-refractivity contribution >= 4 is 34.6 Å². The third-order valence-electron chi connectivity index (χ3n) is 8.78. The lowest BCUT2D eigenvalue weighted by Crippen LogP contribution is -2.29. The van der Waals surface area contributed by atoms with Gasteiger partial charge in [0.2, 0.25) is 0 Å². The fraction of sp³-hybridized carbons (Fsp3) is 0.316. The summed E-state index contributed by atoms with van der Waals surface area (Å²) < 4.78 is 0. The van der Waals surface area contributed by atoms with Crippen LogP contribution < -0.4 is 21.5 Å². The Labute approximate surface area is 272 Å². The number of carbonyl (C=O) groups excluding carboxylic acids is 2. The van der Waals surface area contributed by atoms with Gasteiger partial charge in [-0.15, -0.1) is 0 Å². The van der Waals surface area contributed by atoms with E-state index in [4.69, 9.17) is 0 Å². The molecular formula is C38H44N6O2. The maximum absolute atomic E-state index is 12.8. The van der Waals surface area contributed by atoms with E-state index in [-0.39, 0.29) is 11.8 Å². The molecule has 0 aliphatic carbocycles. The highest BCUT2D eigenvalue weighted by Crippen LogP contribution is 2.19. The minimum absolute atomic E-state index is 0.148. The molecule has 2 aliphatic heterocycles. The molecule has 4 aromatic rings. The van der Waals surface area contributed by atoms with Crippen molar-refractivity contribution in [2.24, 2.45) is 0 Å². The molecule has 4 aromatic carbocycles. The lowest BCUT2D eigenvalue weighted by molar-refractivity contribution is 0.101. The number of benzene rings is 4. The first kappa shape index (κ1) is 31.3. The Hall–Kier alpha value is -4.66. The summed E-state index contributed by atoms with van der Waals surface area (Å²) in [5.41, 5.74) is 13.2. The Morgan fingerprint density at radius 2 is 0.761 bits per heavy atom. The number of likely N-dealkylation sites (tertiary alicyclic amines) is 2. The zero-order chi connectivity index (χ0) is 31.6. The number of piperidine rings is 2. The smallest absolute Gasteiger partial charge is 0.255 e. The first-order chi connectivity index (χ1) is 22.6. The molecule has 46 heavy (non-hydrogen) atoms. The third kappa shape index (κ3) is 8.96. The largest absolute Gasteiger partial charge is 0.322 e. The van der Waals surface area contributed by atoms with Gasteiger partial charge in [-0.05, 0) is 136 Å². The Balaban J connectivity index is 0.935. The number of amides is 2. The number of hydrogen-bond donors (Lipinski definition) is 4. The fourth-order valence-corrected chi connectivity index (χ4v) is 6.10. The molecule has 6 rings (SSSR count). The van der Waals surface area contributed by atoms with E-state index < -0.39 is 0 Å². The third-order valence-corrected chi connectivity index (χ3v) is 8.78. The molecule has 2 heterocycles. The van der Waals surface area contributed by atoms with Crippen molar-refractivity contribution < 1.29 is 9.59 Å². The number of nitrogens with zero attached hydrogens (tertiary/aromatic N) is 2. The number of nitrogens with one attached hydrogen (secondary N) is 4. The van der Waals surface area contributed by atoms with Gasteiger partial charge in [0.1, 0.15) is 0 Å². The number of anilines is 4. The zero-order valence-corrected chi connectivity index (χ0v) is 26.4. The van der Waals surface area contributed by atoms with E-state index in [1.165, 1.54) is 75.8 Å². The van der Waals surface area contributed by atoms with E-state index in [0.29, 0.717) is 11.1 Å². The van der Waals surface area contributed by atoms with Crippen molar-refractivity contribution in [1.82, 2.24) is 9.80 Å². The van der Waals surface area contributed by atoms with Crippen LogP contribution in [0, 0.1) is 0 Å². The highest BCUT2D eigenvalue weighted by atomic mass is 16.2. The highest BCUT2D eigenvalue weighted by Gasteiger charge is 2.13. The van der Waals surface area contributed by atoms with Crippen LogP contribution in [0.5, 0.6) is 0 Å². The number of carbonyl (C=O) groups is 2. The van der Waals surface area contributed by atoms with E-state index in [2.05, 4.69) is 55.6 Å². The van der Waals surface area contributed by atoms with E-state index in [9.17, 15) is 9.59 Å². The summed E-state index contributed by atoms with van der Waals surface area (Å²) in [5.74, 6) is -0.295. The quantitative estimate of drug-likeness (QED) is 0.130. The van der Waals surface area contributed by atoms with Crippen LogP contribution in [0.15, 0.2) is 97.1 Å². The number of rotatable bonds is 11. The summed E-state index contributed by atoms with van der Waals surface area (Å²) >= 11 is 0. The SMILES string of the molecule is O=C(Nc1ccc(CN2CCCCC2)cc1)c1ccc(NNc2ccc(C(=O)Nc3ccc(CN4CCCCC4)cc3)cc2)cc1. The standard InChI is InChI=1S/C38H44N6O2/c45-37(39-33-15-7-29(8-16-33)27-43-23-3-1-4-24-43)31-11-19-35(20-12-31)41-42-36-21-13-32(14-22-36)38(46)40-34-17-9-30(10-18-34)28-44-25-5-2-6-26-44/h7-22,41-42H,1-6,23-28H2,(H,39,45)(H,40,46). The van der Waals surface area contributed by atoms with Gasteiger partial charge < -0.3 is 21.5 Å². The molecular weight excluding hydrogens is 572 g/mol. The zero-order valence-electron chi connectivity index (χ0n) is 26.4. The average Bonchev–Trinajstić information content (AvgIpc) is 3.10. The minimum Gasteiger partial charge on any atom is -0.322 e. The first-order valence-corrected chi connectivity index (χ1v) is 16.5. The lowest BCUT2D eigenvalue weighted by Gasteiger charge is -2.26. The van der Waals surface area contributed by atoms with Crippen LogP contribution in [0.25, 0.3) is 0 Å². The summed E-state index contributed by atoms with van der Waals surface area (Å²) in [6, 6.07) is 30.8. The lowest BCUT2D eigenvalue weighted by atomic mass is 10.1. The molecule has 0 spiro atoms. The van der Waals surface area contributed by atoms with E-state index >= 15 is 0 Å². The van der Waals surface area contributed by atoms with Crippen LogP contribution >= 0.6 is 0 Å². The van der Waals surface area contributed by atoms with Crippen molar-refractivity contribution in [3.05, 3.63) is 119 Å². The number of hydrazine groups is 1. The summed E-state index contributed by atoms with van der Waals surface area (Å²) in [5, 5.41) is 5.98. The van der Waals surface area contributed by atoms with Gasteiger partial charge in [0.05, 0.1) is 11.4 Å². The normalized spacial score (nSPS) is 15.6. The fourth-order valence-electron chi connectivity index (χ4n) is 6.10. The monoisotopic (exact) mass is 616 g/mol. The molecule has 0 radical (unpaired) electrons. The van der Waals surface area contributed by atoms with E-state index in [0.717, 1.165) is 35.8 Å². The maximum atomic E-state index is 12.8. The van der Waals surface area contributed by atoms with Gasteiger partial charge in [-0.25, -0.2) is 0 Å². The molecule has 8 nitrogen and oxygen atoms in total. The van der Waals surface area contributed by atoms with Gasteiger partial charge >= 0.3 is 0 Å². The van der Waals surface area contributed by atoms with Crippen LogP contribution in [0.3, 0.4) is 0 Å². The Morgan fingerprint density at radius 1 is 0.435 bits per heavy atom. The van der Waals surface area contributed by atoms with Crippen LogP contribution in [-0.4, -0.2) is 47.8 Å². The predicted molar refractivity (Wildman–Crippen MR) is 187 cm³/mol. The number of hydrogen-bond acceptors (Lipinski definition) is 6. The average molecular weight is 617 g/mol.